The monoisotopic (exact) mass is 285 g/mol. The SMILES string of the molecule is CC[C@@H](c1cccc(OC)c1)[C@](O)(CC)c1ccccn1. The van der Waals surface area contributed by atoms with Crippen molar-refractivity contribution in [2.75, 3.05) is 7.11 Å². The van der Waals surface area contributed by atoms with Crippen LogP contribution in [0.2, 0.25) is 0 Å². The maximum Gasteiger partial charge on any atom is 0.119 e. The van der Waals surface area contributed by atoms with E-state index in [0.29, 0.717) is 6.42 Å². The van der Waals surface area contributed by atoms with Gasteiger partial charge in [0.25, 0.3) is 0 Å². The van der Waals surface area contributed by atoms with Crippen molar-refractivity contribution in [3.8, 4) is 5.75 Å². The summed E-state index contributed by atoms with van der Waals surface area (Å²) in [6, 6.07) is 13.6. The topological polar surface area (TPSA) is 42.4 Å². The van der Waals surface area contributed by atoms with Crippen LogP contribution in [0.15, 0.2) is 48.7 Å². The second kappa shape index (κ2) is 6.72. The number of rotatable bonds is 6. The Kier molecular flexibility index (Phi) is 4.97. The molecule has 0 unspecified atom stereocenters. The third-order valence-electron chi connectivity index (χ3n) is 4.13. The number of hydrogen-bond acceptors (Lipinski definition) is 3. The molecule has 3 nitrogen and oxygen atoms in total. The average Bonchev–Trinajstić information content (AvgIpc) is 2.56. The van der Waals surface area contributed by atoms with Crippen molar-refractivity contribution in [1.29, 1.82) is 0 Å². The lowest BCUT2D eigenvalue weighted by Gasteiger charge is -2.35. The van der Waals surface area contributed by atoms with Crippen molar-refractivity contribution in [3.05, 3.63) is 59.9 Å². The molecule has 2 rings (SSSR count). The van der Waals surface area contributed by atoms with Crippen molar-refractivity contribution in [2.45, 2.75) is 38.2 Å². The summed E-state index contributed by atoms with van der Waals surface area (Å²) >= 11 is 0. The van der Waals surface area contributed by atoms with Gasteiger partial charge < -0.3 is 9.84 Å². The summed E-state index contributed by atoms with van der Waals surface area (Å²) in [5.74, 6) is 0.790. The highest BCUT2D eigenvalue weighted by molar-refractivity contribution is 5.34. The van der Waals surface area contributed by atoms with E-state index in [4.69, 9.17) is 4.74 Å². The van der Waals surface area contributed by atoms with E-state index in [9.17, 15) is 5.11 Å². The zero-order chi connectivity index (χ0) is 15.3. The molecule has 1 aromatic heterocycles. The second-order valence-corrected chi connectivity index (χ2v) is 5.23. The summed E-state index contributed by atoms with van der Waals surface area (Å²) in [6.45, 7) is 4.09. The number of aliphatic hydroxyl groups is 1. The fourth-order valence-electron chi connectivity index (χ4n) is 2.93. The van der Waals surface area contributed by atoms with Gasteiger partial charge >= 0.3 is 0 Å². The lowest BCUT2D eigenvalue weighted by Crippen LogP contribution is -2.33. The molecule has 2 aromatic rings. The van der Waals surface area contributed by atoms with Crippen molar-refractivity contribution >= 4 is 0 Å². The van der Waals surface area contributed by atoms with E-state index in [-0.39, 0.29) is 5.92 Å². The maximum absolute atomic E-state index is 11.3. The van der Waals surface area contributed by atoms with Gasteiger partial charge in [0, 0.05) is 12.1 Å². The fourth-order valence-corrected chi connectivity index (χ4v) is 2.93. The zero-order valence-corrected chi connectivity index (χ0v) is 12.9. The van der Waals surface area contributed by atoms with Crippen LogP contribution in [0.1, 0.15) is 43.9 Å². The normalized spacial score (nSPS) is 15.2. The molecule has 0 radical (unpaired) electrons. The van der Waals surface area contributed by atoms with Crippen LogP contribution in [0, 0.1) is 0 Å². The molecule has 0 saturated carbocycles. The molecule has 112 valence electrons. The van der Waals surface area contributed by atoms with Crippen LogP contribution >= 0.6 is 0 Å². The highest BCUT2D eigenvalue weighted by Crippen LogP contribution is 2.41. The van der Waals surface area contributed by atoms with E-state index in [1.165, 1.54) is 0 Å². The first kappa shape index (κ1) is 15.5. The summed E-state index contributed by atoms with van der Waals surface area (Å²) in [5.41, 5.74) is 0.830. The van der Waals surface area contributed by atoms with Gasteiger partial charge in [0.05, 0.1) is 12.8 Å². The average molecular weight is 285 g/mol. The van der Waals surface area contributed by atoms with Gasteiger partial charge in [-0.2, -0.15) is 0 Å². The Morgan fingerprint density at radius 1 is 1.19 bits per heavy atom. The Balaban J connectivity index is 2.46. The third kappa shape index (κ3) is 3.08. The molecule has 0 spiro atoms. The molecule has 1 N–H and O–H groups in total. The van der Waals surface area contributed by atoms with Crippen molar-refractivity contribution in [1.82, 2.24) is 4.98 Å². The number of hydrogen-bond donors (Lipinski definition) is 1. The molecule has 0 bridgehead atoms. The molecule has 2 atom stereocenters. The quantitative estimate of drug-likeness (QED) is 0.875. The second-order valence-electron chi connectivity index (χ2n) is 5.23. The molecule has 0 aliphatic rings. The summed E-state index contributed by atoms with van der Waals surface area (Å²) in [4.78, 5) is 4.38. The highest BCUT2D eigenvalue weighted by Gasteiger charge is 2.38. The van der Waals surface area contributed by atoms with E-state index in [0.717, 1.165) is 23.4 Å². The molecule has 1 aromatic carbocycles. The van der Waals surface area contributed by atoms with Gasteiger partial charge in [-0.25, -0.2) is 0 Å². The van der Waals surface area contributed by atoms with Crippen LogP contribution in [0.5, 0.6) is 5.75 Å². The minimum absolute atomic E-state index is 0.0208. The molecule has 1 heterocycles. The number of aromatic nitrogens is 1. The molecule has 0 aliphatic heterocycles. The summed E-state index contributed by atoms with van der Waals surface area (Å²) < 4.78 is 5.30. The van der Waals surface area contributed by atoms with Crippen LogP contribution in [-0.4, -0.2) is 17.2 Å². The Labute approximate surface area is 126 Å². The van der Waals surface area contributed by atoms with E-state index in [1.807, 2.05) is 49.4 Å². The van der Waals surface area contributed by atoms with Gasteiger partial charge in [-0.15, -0.1) is 0 Å². The minimum atomic E-state index is -0.970. The summed E-state index contributed by atoms with van der Waals surface area (Å²) in [7, 11) is 1.66. The minimum Gasteiger partial charge on any atom is -0.497 e. The van der Waals surface area contributed by atoms with E-state index in [2.05, 4.69) is 11.9 Å². The lowest BCUT2D eigenvalue weighted by atomic mass is 9.76. The Bertz CT molecular complexity index is 570. The highest BCUT2D eigenvalue weighted by atomic mass is 16.5. The smallest absolute Gasteiger partial charge is 0.119 e. The van der Waals surface area contributed by atoms with Gasteiger partial charge in [0.2, 0.25) is 0 Å². The Morgan fingerprint density at radius 2 is 2.00 bits per heavy atom. The first-order valence-corrected chi connectivity index (χ1v) is 7.43. The molecule has 0 aliphatic carbocycles. The molecule has 0 saturated heterocycles. The first-order chi connectivity index (χ1) is 10.2. The largest absolute Gasteiger partial charge is 0.497 e. The number of ether oxygens (including phenoxy) is 1. The van der Waals surface area contributed by atoms with Gasteiger partial charge in [0.1, 0.15) is 11.4 Å². The van der Waals surface area contributed by atoms with Crippen LogP contribution < -0.4 is 4.74 Å². The lowest BCUT2D eigenvalue weighted by molar-refractivity contribution is -0.00268. The molecule has 0 amide bonds. The summed E-state index contributed by atoms with van der Waals surface area (Å²) in [5, 5.41) is 11.3. The molecule has 21 heavy (non-hydrogen) atoms. The van der Waals surface area contributed by atoms with E-state index in [1.54, 1.807) is 13.3 Å². The summed E-state index contributed by atoms with van der Waals surface area (Å²) in [6.07, 6.45) is 3.17. The van der Waals surface area contributed by atoms with Crippen LogP contribution in [0.25, 0.3) is 0 Å². The van der Waals surface area contributed by atoms with Crippen LogP contribution in [0.4, 0.5) is 0 Å². The van der Waals surface area contributed by atoms with E-state index < -0.39 is 5.60 Å². The zero-order valence-electron chi connectivity index (χ0n) is 12.9. The Hall–Kier alpha value is -1.87. The molecule has 3 heteroatoms. The Morgan fingerprint density at radius 3 is 2.57 bits per heavy atom. The van der Waals surface area contributed by atoms with Crippen LogP contribution in [0.3, 0.4) is 0 Å². The van der Waals surface area contributed by atoms with E-state index >= 15 is 0 Å². The molecular weight excluding hydrogens is 262 g/mol. The van der Waals surface area contributed by atoms with Gasteiger partial charge in [-0.3, -0.25) is 4.98 Å². The molecule has 0 fully saturated rings. The maximum atomic E-state index is 11.3. The van der Waals surface area contributed by atoms with Crippen molar-refractivity contribution in [3.63, 3.8) is 0 Å². The van der Waals surface area contributed by atoms with Gasteiger partial charge in [0.15, 0.2) is 0 Å². The molecular formula is C18H23NO2. The standard InChI is InChI=1S/C18H23NO2/c1-4-16(14-9-8-10-15(13-14)21-3)18(20,5-2)17-11-6-7-12-19-17/h6-13,16,20H,4-5H2,1-3H3/t16-,18+/m0/s1. The first-order valence-electron chi connectivity index (χ1n) is 7.43. The van der Waals surface area contributed by atoms with Crippen LogP contribution in [-0.2, 0) is 5.60 Å². The fraction of sp³-hybridized carbons (Fsp3) is 0.389. The van der Waals surface area contributed by atoms with Crippen molar-refractivity contribution in [2.24, 2.45) is 0 Å². The number of pyridine rings is 1. The number of nitrogens with zero attached hydrogens (tertiary/aromatic N) is 1. The van der Waals surface area contributed by atoms with Gasteiger partial charge in [-0.05, 0) is 42.7 Å². The number of benzene rings is 1. The number of methoxy groups -OCH3 is 1. The van der Waals surface area contributed by atoms with Crippen molar-refractivity contribution < 1.29 is 9.84 Å². The van der Waals surface area contributed by atoms with Gasteiger partial charge in [-0.1, -0.05) is 32.0 Å². The predicted octanol–water partition coefficient (Wildman–Crippen LogP) is 3.88. The predicted molar refractivity (Wildman–Crippen MR) is 84.5 cm³/mol. The third-order valence-corrected chi connectivity index (χ3v) is 4.13.